The van der Waals surface area contributed by atoms with Crippen LogP contribution in [0.25, 0.3) is 11.0 Å². The molecule has 2 aromatic heterocycles. The number of amides is 1. The Kier molecular flexibility index (Phi) is 4.07. The van der Waals surface area contributed by atoms with Gasteiger partial charge in [0.2, 0.25) is 0 Å². The summed E-state index contributed by atoms with van der Waals surface area (Å²) in [6, 6.07) is 17.6. The molecule has 0 fully saturated rings. The van der Waals surface area contributed by atoms with Gasteiger partial charge in [0, 0.05) is 23.5 Å². The van der Waals surface area contributed by atoms with Crippen LogP contribution in [0.1, 0.15) is 21.7 Å². The number of para-hydroxylation sites is 1. The summed E-state index contributed by atoms with van der Waals surface area (Å²) in [5.41, 5.74) is 3.09. The number of benzene rings is 2. The maximum Gasteiger partial charge on any atom is 0.315 e. The summed E-state index contributed by atoms with van der Waals surface area (Å²) in [5.74, 6) is -0.104. The zero-order valence-corrected chi connectivity index (χ0v) is 14.5. The summed E-state index contributed by atoms with van der Waals surface area (Å²) in [7, 11) is 0. The van der Waals surface area contributed by atoms with Gasteiger partial charge in [-0.3, -0.25) is 4.79 Å². The van der Waals surface area contributed by atoms with E-state index >= 15 is 0 Å². The minimum absolute atomic E-state index is 0.261. The molecule has 4 rings (SSSR count). The average molecular weight is 348 g/mol. The van der Waals surface area contributed by atoms with E-state index in [2.05, 4.69) is 36.2 Å². The topological polar surface area (TPSA) is 47.5 Å². The predicted octanol–water partition coefficient (Wildman–Crippen LogP) is 4.39. The van der Waals surface area contributed by atoms with E-state index in [1.807, 2.05) is 40.4 Å². The van der Waals surface area contributed by atoms with Gasteiger partial charge in [0.15, 0.2) is 10.6 Å². The molecule has 0 spiro atoms. The van der Waals surface area contributed by atoms with Crippen LogP contribution in [0.3, 0.4) is 0 Å². The molecule has 2 aromatic carbocycles. The Hall–Kier alpha value is -2.92. The molecule has 4 nitrogen and oxygen atoms in total. The monoisotopic (exact) mass is 348 g/mol. The van der Waals surface area contributed by atoms with Crippen LogP contribution in [-0.4, -0.2) is 10.5 Å². The first-order valence-electron chi connectivity index (χ1n) is 7.96. The Bertz CT molecular complexity index is 1070. The van der Waals surface area contributed by atoms with Gasteiger partial charge in [-0.05, 0) is 24.6 Å². The first kappa shape index (κ1) is 15.6. The molecule has 0 aliphatic heterocycles. The molecule has 0 saturated carbocycles. The van der Waals surface area contributed by atoms with Gasteiger partial charge in [0.25, 0.3) is 0 Å². The molecule has 25 heavy (non-hydrogen) atoms. The van der Waals surface area contributed by atoms with Crippen LogP contribution in [0.5, 0.6) is 0 Å². The number of carbonyl (C=O) groups is 1. The Labute approximate surface area is 148 Å². The van der Waals surface area contributed by atoms with Crippen LogP contribution in [0.15, 0.2) is 75.6 Å². The highest BCUT2D eigenvalue weighted by molar-refractivity contribution is 7.07. The highest BCUT2D eigenvalue weighted by atomic mass is 32.1. The molecule has 4 aromatic rings. The van der Waals surface area contributed by atoms with Crippen molar-refractivity contribution >= 4 is 28.2 Å². The molecule has 2 heterocycles. The lowest BCUT2D eigenvalue weighted by molar-refractivity contribution is 0.0973. The molecule has 0 bridgehead atoms. The summed E-state index contributed by atoms with van der Waals surface area (Å²) in [6.07, 6.45) is 1.94. The largest absolute Gasteiger partial charge is 0.451 e. The van der Waals surface area contributed by atoms with Gasteiger partial charge in [-0.25, -0.2) is 0 Å². The third-order valence-corrected chi connectivity index (χ3v) is 4.76. The number of fused-ring (bicyclic) bond motifs is 1. The fourth-order valence-corrected chi connectivity index (χ4v) is 3.35. The summed E-state index contributed by atoms with van der Waals surface area (Å²) in [4.78, 5) is 17.4. The molecule has 0 aliphatic rings. The number of thiazole rings is 1. The number of nitrogens with zero attached hydrogens (tertiary/aromatic N) is 2. The number of rotatable bonds is 3. The first-order valence-corrected chi connectivity index (χ1v) is 8.84. The molecule has 0 atom stereocenters. The standard InChI is InChI=1S/C20H16N2O2S/c1-14-6-8-15(9-7-14)13-22-10-11-25-20(22)21-19(23)18-12-16-4-2-3-5-17(16)24-18/h2-12H,13H2,1H3. The van der Waals surface area contributed by atoms with Crippen LogP contribution in [0.2, 0.25) is 0 Å². The predicted molar refractivity (Wildman–Crippen MR) is 98.7 cm³/mol. The number of furan rings is 1. The quantitative estimate of drug-likeness (QED) is 0.551. The maximum absolute atomic E-state index is 12.5. The number of aromatic nitrogens is 1. The van der Waals surface area contributed by atoms with Gasteiger partial charge in [-0.15, -0.1) is 11.3 Å². The van der Waals surface area contributed by atoms with Gasteiger partial charge in [-0.2, -0.15) is 4.99 Å². The van der Waals surface area contributed by atoms with Crippen molar-refractivity contribution in [1.82, 2.24) is 4.57 Å². The summed E-state index contributed by atoms with van der Waals surface area (Å²) < 4.78 is 7.57. The van der Waals surface area contributed by atoms with E-state index in [4.69, 9.17) is 4.42 Å². The van der Waals surface area contributed by atoms with E-state index in [1.165, 1.54) is 22.5 Å². The second-order valence-corrected chi connectivity index (χ2v) is 6.74. The average Bonchev–Trinajstić information content (AvgIpc) is 3.24. The Morgan fingerprint density at radius 2 is 1.96 bits per heavy atom. The lowest BCUT2D eigenvalue weighted by Crippen LogP contribution is -2.16. The zero-order chi connectivity index (χ0) is 17.2. The van der Waals surface area contributed by atoms with Crippen LogP contribution in [0.4, 0.5) is 0 Å². The minimum Gasteiger partial charge on any atom is -0.451 e. The fourth-order valence-electron chi connectivity index (χ4n) is 2.63. The van der Waals surface area contributed by atoms with Gasteiger partial charge < -0.3 is 8.98 Å². The highest BCUT2D eigenvalue weighted by Crippen LogP contribution is 2.19. The van der Waals surface area contributed by atoms with Crippen molar-refractivity contribution < 1.29 is 9.21 Å². The van der Waals surface area contributed by atoms with E-state index in [0.29, 0.717) is 16.9 Å². The SMILES string of the molecule is Cc1ccc(Cn2ccsc2=NC(=O)c2cc3ccccc3o2)cc1. The Morgan fingerprint density at radius 3 is 2.76 bits per heavy atom. The van der Waals surface area contributed by atoms with Crippen molar-refractivity contribution in [2.75, 3.05) is 0 Å². The maximum atomic E-state index is 12.5. The summed E-state index contributed by atoms with van der Waals surface area (Å²) >= 11 is 1.44. The van der Waals surface area contributed by atoms with Crippen LogP contribution >= 0.6 is 11.3 Å². The molecule has 0 radical (unpaired) electrons. The molecule has 1 amide bonds. The van der Waals surface area contributed by atoms with Crippen molar-refractivity contribution in [3.8, 4) is 0 Å². The Morgan fingerprint density at radius 1 is 1.16 bits per heavy atom. The number of aryl methyl sites for hydroxylation is 1. The zero-order valence-electron chi connectivity index (χ0n) is 13.7. The minimum atomic E-state index is -0.365. The van der Waals surface area contributed by atoms with E-state index in [0.717, 1.165) is 5.39 Å². The van der Waals surface area contributed by atoms with E-state index in [-0.39, 0.29) is 11.7 Å². The van der Waals surface area contributed by atoms with E-state index < -0.39 is 0 Å². The van der Waals surface area contributed by atoms with Gasteiger partial charge in [0.1, 0.15) is 5.58 Å². The van der Waals surface area contributed by atoms with E-state index in [9.17, 15) is 4.79 Å². The number of carbonyl (C=O) groups excluding carboxylic acids is 1. The second kappa shape index (κ2) is 6.53. The second-order valence-electron chi connectivity index (χ2n) is 5.86. The fraction of sp³-hybridized carbons (Fsp3) is 0.100. The van der Waals surface area contributed by atoms with Crippen LogP contribution in [0, 0.1) is 6.92 Å². The van der Waals surface area contributed by atoms with Crippen LogP contribution in [-0.2, 0) is 6.54 Å². The van der Waals surface area contributed by atoms with Crippen molar-refractivity contribution in [3.05, 3.63) is 87.9 Å². The molecule has 5 heteroatoms. The van der Waals surface area contributed by atoms with Crippen molar-refractivity contribution in [2.24, 2.45) is 4.99 Å². The van der Waals surface area contributed by atoms with Gasteiger partial charge >= 0.3 is 5.91 Å². The third-order valence-electron chi connectivity index (χ3n) is 3.97. The van der Waals surface area contributed by atoms with Crippen LogP contribution < -0.4 is 4.80 Å². The van der Waals surface area contributed by atoms with Gasteiger partial charge in [-0.1, -0.05) is 48.0 Å². The smallest absolute Gasteiger partial charge is 0.315 e. The third kappa shape index (κ3) is 3.32. The molecule has 0 saturated heterocycles. The number of hydrogen-bond acceptors (Lipinski definition) is 3. The highest BCUT2D eigenvalue weighted by Gasteiger charge is 2.11. The molecule has 124 valence electrons. The lowest BCUT2D eigenvalue weighted by Gasteiger charge is -2.03. The van der Waals surface area contributed by atoms with Crippen molar-refractivity contribution in [1.29, 1.82) is 0 Å². The molecule has 0 N–H and O–H groups in total. The van der Waals surface area contributed by atoms with Gasteiger partial charge in [0.05, 0.1) is 0 Å². The molecular weight excluding hydrogens is 332 g/mol. The molecule has 0 aliphatic carbocycles. The normalized spacial score (nSPS) is 12.0. The molecular formula is C20H16N2O2S. The van der Waals surface area contributed by atoms with Crippen molar-refractivity contribution in [3.63, 3.8) is 0 Å². The summed E-state index contributed by atoms with van der Waals surface area (Å²) in [6.45, 7) is 2.74. The Balaban J connectivity index is 1.64. The number of hydrogen-bond donors (Lipinski definition) is 0. The first-order chi connectivity index (χ1) is 12.2. The lowest BCUT2D eigenvalue weighted by atomic mass is 10.1. The molecule has 0 unspecified atom stereocenters. The summed E-state index contributed by atoms with van der Waals surface area (Å²) in [5, 5.41) is 2.83. The van der Waals surface area contributed by atoms with E-state index in [1.54, 1.807) is 6.07 Å². The van der Waals surface area contributed by atoms with Crippen molar-refractivity contribution in [2.45, 2.75) is 13.5 Å².